The van der Waals surface area contributed by atoms with Crippen molar-refractivity contribution in [3.8, 4) is 5.82 Å². The Bertz CT molecular complexity index is 906. The van der Waals surface area contributed by atoms with Gasteiger partial charge < -0.3 is 15.1 Å². The smallest absolute Gasteiger partial charge is 0.322 e. The molecule has 0 saturated carbocycles. The molecule has 0 atom stereocenters. The first-order valence-electron chi connectivity index (χ1n) is 8.60. The van der Waals surface area contributed by atoms with Crippen molar-refractivity contribution in [1.29, 1.82) is 0 Å². The molecule has 3 heterocycles. The SMILES string of the molecule is O=C(Nc1ccccc1F)N1CCN(c2ccc(-n3cccn3)nn2)CC1. The minimum Gasteiger partial charge on any atom is -0.352 e. The molecular weight excluding hydrogens is 349 g/mol. The Morgan fingerprint density at radius 3 is 2.37 bits per heavy atom. The van der Waals surface area contributed by atoms with Crippen molar-refractivity contribution in [2.75, 3.05) is 36.4 Å². The molecule has 0 aliphatic carbocycles. The number of carbonyl (C=O) groups excluding carboxylic acids is 1. The summed E-state index contributed by atoms with van der Waals surface area (Å²) in [6.07, 6.45) is 3.48. The summed E-state index contributed by atoms with van der Waals surface area (Å²) in [6, 6.07) is 11.4. The van der Waals surface area contributed by atoms with Gasteiger partial charge in [-0.1, -0.05) is 12.1 Å². The van der Waals surface area contributed by atoms with Gasteiger partial charge in [-0.3, -0.25) is 0 Å². The average molecular weight is 367 g/mol. The lowest BCUT2D eigenvalue weighted by atomic mass is 10.3. The van der Waals surface area contributed by atoms with Crippen molar-refractivity contribution in [2.24, 2.45) is 0 Å². The van der Waals surface area contributed by atoms with Crippen molar-refractivity contribution in [3.05, 3.63) is 60.7 Å². The number of carbonyl (C=O) groups is 1. The van der Waals surface area contributed by atoms with E-state index in [0.29, 0.717) is 32.0 Å². The fraction of sp³-hybridized carbons (Fsp3) is 0.222. The Morgan fingerprint density at radius 2 is 1.70 bits per heavy atom. The van der Waals surface area contributed by atoms with Gasteiger partial charge in [0, 0.05) is 38.6 Å². The first-order valence-corrected chi connectivity index (χ1v) is 8.60. The second-order valence-electron chi connectivity index (χ2n) is 6.08. The van der Waals surface area contributed by atoms with Crippen LogP contribution in [0, 0.1) is 5.82 Å². The predicted molar refractivity (Wildman–Crippen MR) is 98.4 cm³/mol. The van der Waals surface area contributed by atoms with Crippen LogP contribution in [-0.4, -0.2) is 57.1 Å². The van der Waals surface area contributed by atoms with Crippen molar-refractivity contribution in [2.45, 2.75) is 0 Å². The van der Waals surface area contributed by atoms with Crippen molar-refractivity contribution >= 4 is 17.5 Å². The van der Waals surface area contributed by atoms with Crippen LogP contribution in [0.4, 0.5) is 20.7 Å². The maximum atomic E-state index is 13.7. The number of urea groups is 1. The van der Waals surface area contributed by atoms with Crippen LogP contribution in [-0.2, 0) is 0 Å². The van der Waals surface area contributed by atoms with E-state index < -0.39 is 5.82 Å². The van der Waals surface area contributed by atoms with E-state index in [1.54, 1.807) is 40.2 Å². The van der Waals surface area contributed by atoms with Gasteiger partial charge >= 0.3 is 6.03 Å². The van der Waals surface area contributed by atoms with Gasteiger partial charge in [-0.25, -0.2) is 13.9 Å². The number of nitrogens with zero attached hydrogens (tertiary/aromatic N) is 6. The number of aromatic nitrogens is 4. The normalized spacial score (nSPS) is 14.3. The number of hydrogen-bond acceptors (Lipinski definition) is 5. The minimum absolute atomic E-state index is 0.185. The van der Waals surface area contributed by atoms with Gasteiger partial charge in [0.2, 0.25) is 0 Å². The molecule has 1 fully saturated rings. The minimum atomic E-state index is -0.447. The van der Waals surface area contributed by atoms with Crippen LogP contribution in [0.25, 0.3) is 5.82 Å². The summed E-state index contributed by atoms with van der Waals surface area (Å²) in [6.45, 7) is 2.28. The highest BCUT2D eigenvalue weighted by Gasteiger charge is 2.22. The molecule has 1 aliphatic rings. The molecule has 1 saturated heterocycles. The van der Waals surface area contributed by atoms with E-state index >= 15 is 0 Å². The van der Waals surface area contributed by atoms with Gasteiger partial charge in [0.1, 0.15) is 5.82 Å². The molecule has 0 spiro atoms. The van der Waals surface area contributed by atoms with Crippen LogP contribution < -0.4 is 10.2 Å². The van der Waals surface area contributed by atoms with Gasteiger partial charge in [-0.15, -0.1) is 10.2 Å². The molecule has 4 rings (SSSR count). The van der Waals surface area contributed by atoms with E-state index in [1.165, 1.54) is 6.07 Å². The summed E-state index contributed by atoms with van der Waals surface area (Å²) in [4.78, 5) is 16.1. The predicted octanol–water partition coefficient (Wildman–Crippen LogP) is 2.16. The largest absolute Gasteiger partial charge is 0.352 e. The average Bonchev–Trinajstić information content (AvgIpc) is 3.25. The molecular formula is C18H18FN7O. The van der Waals surface area contributed by atoms with Gasteiger partial charge in [-0.05, 0) is 30.3 Å². The Kier molecular flexibility index (Phi) is 4.65. The van der Waals surface area contributed by atoms with Gasteiger partial charge in [0.05, 0.1) is 5.69 Å². The number of piperazine rings is 1. The van der Waals surface area contributed by atoms with Crippen molar-refractivity contribution < 1.29 is 9.18 Å². The molecule has 3 aromatic rings. The number of nitrogens with one attached hydrogen (secondary N) is 1. The zero-order valence-corrected chi connectivity index (χ0v) is 14.5. The summed E-state index contributed by atoms with van der Waals surface area (Å²) >= 11 is 0. The third-order valence-corrected chi connectivity index (χ3v) is 4.38. The van der Waals surface area contributed by atoms with Gasteiger partial charge in [0.25, 0.3) is 0 Å². The molecule has 138 valence electrons. The molecule has 1 aliphatic heterocycles. The zero-order valence-electron chi connectivity index (χ0n) is 14.5. The Morgan fingerprint density at radius 1 is 0.963 bits per heavy atom. The van der Waals surface area contributed by atoms with Gasteiger partial charge in [-0.2, -0.15) is 5.10 Å². The maximum Gasteiger partial charge on any atom is 0.322 e. The van der Waals surface area contributed by atoms with E-state index in [2.05, 4.69) is 25.5 Å². The van der Waals surface area contributed by atoms with Gasteiger partial charge in [0.15, 0.2) is 11.6 Å². The van der Waals surface area contributed by atoms with Crippen molar-refractivity contribution in [3.63, 3.8) is 0 Å². The number of halogens is 1. The topological polar surface area (TPSA) is 79.2 Å². The van der Waals surface area contributed by atoms with E-state index in [0.717, 1.165) is 5.82 Å². The Hall–Kier alpha value is -3.49. The lowest BCUT2D eigenvalue weighted by Crippen LogP contribution is -2.50. The second-order valence-corrected chi connectivity index (χ2v) is 6.08. The summed E-state index contributed by atoms with van der Waals surface area (Å²) in [5, 5.41) is 15.2. The number of para-hydroxylation sites is 1. The second kappa shape index (κ2) is 7.40. The summed E-state index contributed by atoms with van der Waals surface area (Å²) in [5.74, 6) is 0.948. The third-order valence-electron chi connectivity index (χ3n) is 4.38. The third kappa shape index (κ3) is 3.71. The zero-order chi connectivity index (χ0) is 18.6. The molecule has 2 aromatic heterocycles. The summed E-state index contributed by atoms with van der Waals surface area (Å²) in [5.41, 5.74) is 0.185. The fourth-order valence-corrected chi connectivity index (χ4v) is 2.91. The Labute approximate surface area is 155 Å². The molecule has 1 aromatic carbocycles. The summed E-state index contributed by atoms with van der Waals surface area (Å²) < 4.78 is 15.3. The summed E-state index contributed by atoms with van der Waals surface area (Å²) in [7, 11) is 0. The first-order chi connectivity index (χ1) is 13.2. The fourth-order valence-electron chi connectivity index (χ4n) is 2.91. The lowest BCUT2D eigenvalue weighted by Gasteiger charge is -2.35. The molecule has 0 unspecified atom stereocenters. The molecule has 8 nitrogen and oxygen atoms in total. The highest BCUT2D eigenvalue weighted by atomic mass is 19.1. The standard InChI is InChI=1S/C18H18FN7O/c19-14-4-1-2-5-15(14)21-18(27)25-12-10-24(11-13-25)16-6-7-17(23-22-16)26-9-3-8-20-26/h1-9H,10-13H2,(H,21,27). The van der Waals surface area contributed by atoms with Crippen LogP contribution >= 0.6 is 0 Å². The number of rotatable bonds is 3. The number of anilines is 2. The lowest BCUT2D eigenvalue weighted by molar-refractivity contribution is 0.208. The highest BCUT2D eigenvalue weighted by Crippen LogP contribution is 2.16. The molecule has 0 bridgehead atoms. The van der Waals surface area contributed by atoms with E-state index in [-0.39, 0.29) is 11.7 Å². The van der Waals surface area contributed by atoms with Crippen LogP contribution in [0.5, 0.6) is 0 Å². The number of benzene rings is 1. The Balaban J connectivity index is 1.34. The quantitative estimate of drug-likeness (QED) is 0.767. The van der Waals surface area contributed by atoms with E-state index in [1.807, 2.05) is 18.2 Å². The van der Waals surface area contributed by atoms with Crippen LogP contribution in [0.2, 0.25) is 0 Å². The van der Waals surface area contributed by atoms with E-state index in [9.17, 15) is 9.18 Å². The molecule has 2 amide bonds. The molecule has 27 heavy (non-hydrogen) atoms. The molecule has 9 heteroatoms. The number of hydrogen-bond donors (Lipinski definition) is 1. The molecule has 0 radical (unpaired) electrons. The molecule has 1 N–H and O–H groups in total. The highest BCUT2D eigenvalue weighted by molar-refractivity contribution is 5.89. The number of amides is 2. The van der Waals surface area contributed by atoms with E-state index in [4.69, 9.17) is 0 Å². The first kappa shape index (κ1) is 17.0. The van der Waals surface area contributed by atoms with Crippen LogP contribution in [0.3, 0.4) is 0 Å². The van der Waals surface area contributed by atoms with Crippen LogP contribution in [0.1, 0.15) is 0 Å². The monoisotopic (exact) mass is 367 g/mol. The van der Waals surface area contributed by atoms with Crippen molar-refractivity contribution in [1.82, 2.24) is 24.9 Å². The van der Waals surface area contributed by atoms with Crippen LogP contribution in [0.15, 0.2) is 54.9 Å². The maximum absolute atomic E-state index is 13.7.